The molecule has 2 atom stereocenters. The Bertz CT molecular complexity index is 159. The molecule has 0 aromatic heterocycles. The first-order chi connectivity index (χ1) is 7.42. The van der Waals surface area contributed by atoms with Crippen molar-refractivity contribution in [2.75, 3.05) is 19.8 Å². The molecule has 2 fully saturated rings. The molecule has 1 saturated carbocycles. The smallest absolute Gasteiger partial charge is 0.0978 e. The molecule has 2 unspecified atom stereocenters. The van der Waals surface area contributed by atoms with E-state index in [9.17, 15) is 0 Å². The Morgan fingerprint density at radius 2 is 1.93 bits per heavy atom. The lowest BCUT2D eigenvalue weighted by atomic mass is 9.82. The van der Waals surface area contributed by atoms with Gasteiger partial charge in [-0.2, -0.15) is 0 Å². The molecule has 2 rings (SSSR count). The summed E-state index contributed by atoms with van der Waals surface area (Å²) in [6, 6.07) is 0.269. The molecular formula is C11H22N2O2. The largest absolute Gasteiger partial charge is 0.376 e. The van der Waals surface area contributed by atoms with Crippen molar-refractivity contribution < 1.29 is 9.47 Å². The molecule has 1 heterocycles. The fraction of sp³-hybridized carbons (Fsp3) is 1.00. The third kappa shape index (κ3) is 2.91. The fourth-order valence-electron chi connectivity index (χ4n) is 2.75. The van der Waals surface area contributed by atoms with Crippen molar-refractivity contribution in [2.45, 2.75) is 44.2 Å². The maximum absolute atomic E-state index is 5.72. The van der Waals surface area contributed by atoms with Gasteiger partial charge in [0, 0.05) is 0 Å². The SMILES string of the molecule is NNC(C1CCCCC1)C1COCCO1. The van der Waals surface area contributed by atoms with Crippen LogP contribution in [0.1, 0.15) is 32.1 Å². The average molecular weight is 214 g/mol. The van der Waals surface area contributed by atoms with E-state index in [-0.39, 0.29) is 12.1 Å². The van der Waals surface area contributed by atoms with Crippen LogP contribution in [0.5, 0.6) is 0 Å². The Kier molecular flexibility index (Phi) is 4.38. The molecular weight excluding hydrogens is 192 g/mol. The van der Waals surface area contributed by atoms with Crippen molar-refractivity contribution in [1.82, 2.24) is 5.43 Å². The summed E-state index contributed by atoms with van der Waals surface area (Å²) in [5.41, 5.74) is 2.94. The topological polar surface area (TPSA) is 56.5 Å². The van der Waals surface area contributed by atoms with Crippen LogP contribution in [0.2, 0.25) is 0 Å². The van der Waals surface area contributed by atoms with E-state index < -0.39 is 0 Å². The number of ether oxygens (including phenoxy) is 2. The zero-order valence-corrected chi connectivity index (χ0v) is 9.28. The predicted octanol–water partition coefficient (Wildman–Crippen LogP) is 0.814. The highest BCUT2D eigenvalue weighted by Crippen LogP contribution is 2.28. The first kappa shape index (κ1) is 11.3. The Labute approximate surface area is 91.5 Å². The van der Waals surface area contributed by atoms with E-state index in [0.717, 1.165) is 6.61 Å². The lowest BCUT2D eigenvalue weighted by Crippen LogP contribution is -2.53. The second-order valence-corrected chi connectivity index (χ2v) is 4.57. The minimum Gasteiger partial charge on any atom is -0.376 e. The summed E-state index contributed by atoms with van der Waals surface area (Å²) in [6.45, 7) is 2.11. The number of nitrogens with one attached hydrogen (secondary N) is 1. The first-order valence-electron chi connectivity index (χ1n) is 6.07. The van der Waals surface area contributed by atoms with Crippen molar-refractivity contribution in [3.8, 4) is 0 Å². The quantitative estimate of drug-likeness (QED) is 0.539. The molecule has 2 aliphatic rings. The lowest BCUT2D eigenvalue weighted by Gasteiger charge is -2.36. The molecule has 0 radical (unpaired) electrons. The Morgan fingerprint density at radius 3 is 2.53 bits per heavy atom. The molecule has 0 aromatic rings. The molecule has 88 valence electrons. The molecule has 1 aliphatic carbocycles. The van der Waals surface area contributed by atoms with Crippen LogP contribution in [0.25, 0.3) is 0 Å². The zero-order chi connectivity index (χ0) is 10.5. The van der Waals surface area contributed by atoms with Crippen LogP contribution in [-0.4, -0.2) is 32.0 Å². The van der Waals surface area contributed by atoms with Crippen LogP contribution in [0.4, 0.5) is 0 Å². The van der Waals surface area contributed by atoms with Gasteiger partial charge in [0.2, 0.25) is 0 Å². The van der Waals surface area contributed by atoms with Crippen LogP contribution in [0.3, 0.4) is 0 Å². The van der Waals surface area contributed by atoms with Crippen LogP contribution in [0, 0.1) is 5.92 Å². The molecule has 15 heavy (non-hydrogen) atoms. The number of hydrogen-bond donors (Lipinski definition) is 2. The van der Waals surface area contributed by atoms with E-state index in [2.05, 4.69) is 5.43 Å². The van der Waals surface area contributed by atoms with Gasteiger partial charge in [-0.25, -0.2) is 0 Å². The Hall–Kier alpha value is -0.160. The van der Waals surface area contributed by atoms with Gasteiger partial charge in [0.15, 0.2) is 0 Å². The summed E-state index contributed by atoms with van der Waals surface area (Å²) in [7, 11) is 0. The summed E-state index contributed by atoms with van der Waals surface area (Å²) >= 11 is 0. The fourth-order valence-corrected chi connectivity index (χ4v) is 2.75. The van der Waals surface area contributed by atoms with Crippen LogP contribution in [0.15, 0.2) is 0 Å². The van der Waals surface area contributed by atoms with Crippen molar-refractivity contribution in [3.63, 3.8) is 0 Å². The highest BCUT2D eigenvalue weighted by Gasteiger charge is 2.31. The van der Waals surface area contributed by atoms with Crippen molar-refractivity contribution in [3.05, 3.63) is 0 Å². The number of nitrogens with two attached hydrogens (primary N) is 1. The minimum atomic E-state index is 0.145. The van der Waals surface area contributed by atoms with E-state index in [1.807, 2.05) is 0 Å². The van der Waals surface area contributed by atoms with E-state index >= 15 is 0 Å². The van der Waals surface area contributed by atoms with Gasteiger partial charge >= 0.3 is 0 Å². The van der Waals surface area contributed by atoms with E-state index in [4.69, 9.17) is 15.3 Å². The maximum Gasteiger partial charge on any atom is 0.0978 e. The predicted molar refractivity (Wildman–Crippen MR) is 58.2 cm³/mol. The van der Waals surface area contributed by atoms with Crippen molar-refractivity contribution in [2.24, 2.45) is 11.8 Å². The Morgan fingerprint density at radius 1 is 1.13 bits per heavy atom. The summed E-state index contributed by atoms with van der Waals surface area (Å²) in [5.74, 6) is 6.31. The highest BCUT2D eigenvalue weighted by molar-refractivity contribution is 4.85. The third-order valence-electron chi connectivity index (χ3n) is 3.59. The van der Waals surface area contributed by atoms with Crippen LogP contribution >= 0.6 is 0 Å². The van der Waals surface area contributed by atoms with Gasteiger partial charge in [0.05, 0.1) is 32.0 Å². The molecule has 1 saturated heterocycles. The highest BCUT2D eigenvalue weighted by atomic mass is 16.6. The van der Waals surface area contributed by atoms with Crippen molar-refractivity contribution in [1.29, 1.82) is 0 Å². The molecule has 0 aromatic carbocycles. The standard InChI is InChI=1S/C11H22N2O2/c12-13-11(9-4-2-1-3-5-9)10-8-14-6-7-15-10/h9-11,13H,1-8,12H2. The molecule has 0 bridgehead atoms. The number of hydrogen-bond acceptors (Lipinski definition) is 4. The van der Waals surface area contributed by atoms with Gasteiger partial charge in [0.25, 0.3) is 0 Å². The molecule has 0 spiro atoms. The van der Waals surface area contributed by atoms with Gasteiger partial charge in [0.1, 0.15) is 0 Å². The first-order valence-corrected chi connectivity index (χ1v) is 6.07. The molecule has 1 aliphatic heterocycles. The summed E-state index contributed by atoms with van der Waals surface area (Å²) in [5, 5.41) is 0. The van der Waals surface area contributed by atoms with Gasteiger partial charge in [-0.3, -0.25) is 11.3 Å². The molecule has 4 nitrogen and oxygen atoms in total. The van der Waals surface area contributed by atoms with E-state index in [1.165, 1.54) is 32.1 Å². The third-order valence-corrected chi connectivity index (χ3v) is 3.59. The number of rotatable bonds is 3. The average Bonchev–Trinajstić information content (AvgIpc) is 2.33. The maximum atomic E-state index is 5.72. The van der Waals surface area contributed by atoms with Crippen LogP contribution in [-0.2, 0) is 9.47 Å². The van der Waals surface area contributed by atoms with Crippen molar-refractivity contribution >= 4 is 0 Å². The zero-order valence-electron chi connectivity index (χ0n) is 9.28. The minimum absolute atomic E-state index is 0.145. The van der Waals surface area contributed by atoms with Gasteiger partial charge in [-0.15, -0.1) is 0 Å². The molecule has 3 N–H and O–H groups in total. The summed E-state index contributed by atoms with van der Waals surface area (Å²) in [4.78, 5) is 0. The lowest BCUT2D eigenvalue weighted by molar-refractivity contribution is -0.110. The molecule has 4 heteroatoms. The van der Waals surface area contributed by atoms with E-state index in [0.29, 0.717) is 19.1 Å². The normalized spacial score (nSPS) is 31.4. The van der Waals surface area contributed by atoms with Gasteiger partial charge in [-0.1, -0.05) is 19.3 Å². The van der Waals surface area contributed by atoms with Gasteiger partial charge < -0.3 is 9.47 Å². The summed E-state index contributed by atoms with van der Waals surface area (Å²) < 4.78 is 11.2. The second kappa shape index (κ2) is 5.80. The molecule has 0 amide bonds. The Balaban J connectivity index is 1.88. The van der Waals surface area contributed by atoms with E-state index in [1.54, 1.807) is 0 Å². The van der Waals surface area contributed by atoms with Gasteiger partial charge in [-0.05, 0) is 18.8 Å². The second-order valence-electron chi connectivity index (χ2n) is 4.57. The number of hydrazine groups is 1. The summed E-state index contributed by atoms with van der Waals surface area (Å²) in [6.07, 6.45) is 6.72. The monoisotopic (exact) mass is 214 g/mol. The van der Waals surface area contributed by atoms with Crippen LogP contribution < -0.4 is 11.3 Å².